The molecule has 6 heteroatoms. The molecule has 1 aromatic carbocycles. The van der Waals surface area contributed by atoms with Crippen molar-refractivity contribution in [1.29, 1.82) is 0 Å². The van der Waals surface area contributed by atoms with Gasteiger partial charge in [0, 0.05) is 11.8 Å². The van der Waals surface area contributed by atoms with Gasteiger partial charge in [-0.25, -0.2) is 19.2 Å². The first-order chi connectivity index (χ1) is 11.7. The number of benzene rings is 1. The largest absolute Gasteiger partial charge is 0.461 e. The van der Waals surface area contributed by atoms with Crippen molar-refractivity contribution in [1.82, 2.24) is 15.3 Å². The number of hydrogen-bond acceptors (Lipinski definition) is 5. The molecule has 1 aliphatic rings. The molecule has 0 spiro atoms. The van der Waals surface area contributed by atoms with Gasteiger partial charge in [-0.2, -0.15) is 0 Å². The van der Waals surface area contributed by atoms with Crippen LogP contribution < -0.4 is 5.32 Å². The third-order valence-electron chi connectivity index (χ3n) is 4.19. The Labute approximate surface area is 140 Å². The smallest absolute Gasteiger partial charge is 0.357 e. The van der Waals surface area contributed by atoms with Crippen LogP contribution in [0.25, 0.3) is 11.4 Å². The molecule has 2 aromatic rings. The molecule has 0 aliphatic carbocycles. The zero-order chi connectivity index (χ0) is 16.8. The van der Waals surface area contributed by atoms with Crippen LogP contribution in [-0.2, 0) is 4.74 Å². The van der Waals surface area contributed by atoms with Gasteiger partial charge < -0.3 is 10.1 Å². The van der Waals surface area contributed by atoms with Crippen LogP contribution in [0.15, 0.2) is 36.5 Å². The summed E-state index contributed by atoms with van der Waals surface area (Å²) in [6, 6.07) is 7.36. The van der Waals surface area contributed by atoms with Crippen molar-refractivity contribution in [3.8, 4) is 11.4 Å². The zero-order valence-corrected chi connectivity index (χ0v) is 13.4. The average Bonchev–Trinajstić information content (AvgIpc) is 2.63. The molecule has 0 unspecified atom stereocenters. The molecule has 1 aromatic heterocycles. The Morgan fingerprint density at radius 2 is 1.96 bits per heavy atom. The van der Waals surface area contributed by atoms with Gasteiger partial charge in [-0.05, 0) is 68.6 Å². The van der Waals surface area contributed by atoms with Crippen LogP contribution in [0.1, 0.15) is 29.8 Å². The summed E-state index contributed by atoms with van der Waals surface area (Å²) >= 11 is 0. The summed E-state index contributed by atoms with van der Waals surface area (Å²) in [6.45, 7) is 2.47. The molecule has 1 fully saturated rings. The first kappa shape index (κ1) is 16.5. The number of hydrogen-bond donors (Lipinski definition) is 1. The number of halogens is 1. The number of ether oxygens (including phenoxy) is 1. The van der Waals surface area contributed by atoms with Crippen LogP contribution in [0, 0.1) is 11.7 Å². The molecule has 5 nitrogen and oxygen atoms in total. The van der Waals surface area contributed by atoms with Crippen LogP contribution >= 0.6 is 0 Å². The molecule has 0 radical (unpaired) electrons. The Kier molecular flexibility index (Phi) is 5.48. The lowest BCUT2D eigenvalue weighted by atomic mass is 9.95. The van der Waals surface area contributed by atoms with Crippen molar-refractivity contribution < 1.29 is 13.9 Å². The summed E-state index contributed by atoms with van der Waals surface area (Å²) in [5.41, 5.74) is 0.871. The quantitative estimate of drug-likeness (QED) is 0.855. The number of carbonyl (C=O) groups is 1. The summed E-state index contributed by atoms with van der Waals surface area (Å²) in [4.78, 5) is 20.5. The zero-order valence-electron chi connectivity index (χ0n) is 13.4. The minimum atomic E-state index is -0.449. The molecule has 126 valence electrons. The fourth-order valence-electron chi connectivity index (χ4n) is 2.77. The molecule has 1 aliphatic heterocycles. The number of rotatable bonds is 5. The van der Waals surface area contributed by atoms with Crippen LogP contribution in [-0.4, -0.2) is 35.6 Å². The van der Waals surface area contributed by atoms with E-state index in [1.54, 1.807) is 12.1 Å². The van der Waals surface area contributed by atoms with Crippen molar-refractivity contribution >= 4 is 5.97 Å². The van der Waals surface area contributed by atoms with Crippen LogP contribution in [0.4, 0.5) is 4.39 Å². The van der Waals surface area contributed by atoms with E-state index in [0.29, 0.717) is 23.9 Å². The van der Waals surface area contributed by atoms with E-state index in [0.717, 1.165) is 32.4 Å². The summed E-state index contributed by atoms with van der Waals surface area (Å²) in [6.07, 6.45) is 4.64. The summed E-state index contributed by atoms with van der Waals surface area (Å²) in [5.74, 6) is 0.212. The van der Waals surface area contributed by atoms with Gasteiger partial charge in [-0.1, -0.05) is 0 Å². The Hall–Kier alpha value is -2.34. The molecule has 1 saturated heterocycles. The van der Waals surface area contributed by atoms with Crippen LogP contribution in [0.3, 0.4) is 0 Å². The van der Waals surface area contributed by atoms with E-state index in [4.69, 9.17) is 4.74 Å². The second kappa shape index (κ2) is 7.97. The predicted molar refractivity (Wildman–Crippen MR) is 87.9 cm³/mol. The van der Waals surface area contributed by atoms with Gasteiger partial charge in [0.2, 0.25) is 0 Å². The number of aromatic nitrogens is 2. The number of esters is 1. The maximum Gasteiger partial charge on any atom is 0.357 e. The van der Waals surface area contributed by atoms with Gasteiger partial charge in [0.1, 0.15) is 5.82 Å². The number of piperidine rings is 1. The van der Waals surface area contributed by atoms with Crippen molar-refractivity contribution in [3.63, 3.8) is 0 Å². The second-order valence-electron chi connectivity index (χ2n) is 5.89. The molecule has 3 rings (SSSR count). The van der Waals surface area contributed by atoms with Crippen molar-refractivity contribution in [2.75, 3.05) is 19.7 Å². The van der Waals surface area contributed by atoms with E-state index < -0.39 is 5.97 Å². The Bertz CT molecular complexity index is 685. The number of nitrogens with one attached hydrogen (secondary N) is 1. The summed E-state index contributed by atoms with van der Waals surface area (Å²) in [7, 11) is 0. The van der Waals surface area contributed by atoms with E-state index >= 15 is 0 Å². The second-order valence-corrected chi connectivity index (χ2v) is 5.89. The van der Waals surface area contributed by atoms with Gasteiger partial charge in [0.25, 0.3) is 0 Å². The topological polar surface area (TPSA) is 64.1 Å². The first-order valence-corrected chi connectivity index (χ1v) is 8.19. The van der Waals surface area contributed by atoms with E-state index in [9.17, 15) is 9.18 Å². The predicted octanol–water partition coefficient (Wildman–Crippen LogP) is 2.83. The standard InChI is InChI=1S/C18H20FN3O2/c19-15-3-1-14(2-4-15)17-21-11-7-16(22-17)18(23)24-12-8-13-5-9-20-10-6-13/h1-4,7,11,13,20H,5-6,8-10,12H2. The van der Waals surface area contributed by atoms with Crippen LogP contribution in [0.2, 0.25) is 0 Å². The number of nitrogens with zero attached hydrogens (tertiary/aromatic N) is 2. The highest BCUT2D eigenvalue weighted by atomic mass is 19.1. The third kappa shape index (κ3) is 4.35. The molecule has 2 heterocycles. The van der Waals surface area contributed by atoms with Crippen molar-refractivity contribution in [2.24, 2.45) is 5.92 Å². The molecule has 0 amide bonds. The maximum absolute atomic E-state index is 13.0. The van der Waals surface area contributed by atoms with E-state index in [-0.39, 0.29) is 11.5 Å². The lowest BCUT2D eigenvalue weighted by Crippen LogP contribution is -2.28. The van der Waals surface area contributed by atoms with Gasteiger partial charge in [-0.15, -0.1) is 0 Å². The highest BCUT2D eigenvalue weighted by Crippen LogP contribution is 2.17. The first-order valence-electron chi connectivity index (χ1n) is 8.19. The molecular weight excluding hydrogens is 309 g/mol. The normalized spacial score (nSPS) is 15.2. The number of carbonyl (C=O) groups excluding carboxylic acids is 1. The van der Waals surface area contributed by atoms with Crippen LogP contribution in [0.5, 0.6) is 0 Å². The molecule has 1 N–H and O–H groups in total. The molecule has 24 heavy (non-hydrogen) atoms. The average molecular weight is 329 g/mol. The van der Waals surface area contributed by atoms with Crippen molar-refractivity contribution in [3.05, 3.63) is 48.0 Å². The summed E-state index contributed by atoms with van der Waals surface area (Å²) in [5, 5.41) is 3.32. The highest BCUT2D eigenvalue weighted by molar-refractivity contribution is 5.87. The highest BCUT2D eigenvalue weighted by Gasteiger charge is 2.15. The monoisotopic (exact) mass is 329 g/mol. The minimum Gasteiger partial charge on any atom is -0.461 e. The maximum atomic E-state index is 13.0. The Morgan fingerprint density at radius 1 is 1.21 bits per heavy atom. The molecule has 0 atom stereocenters. The minimum absolute atomic E-state index is 0.217. The molecular formula is C18H20FN3O2. The van der Waals surface area contributed by atoms with Gasteiger partial charge in [-0.3, -0.25) is 0 Å². The fraction of sp³-hybridized carbons (Fsp3) is 0.389. The fourth-order valence-corrected chi connectivity index (χ4v) is 2.77. The summed E-state index contributed by atoms with van der Waals surface area (Å²) < 4.78 is 18.3. The molecule has 0 saturated carbocycles. The SMILES string of the molecule is O=C(OCCC1CCNCC1)c1ccnc(-c2ccc(F)cc2)n1. The Morgan fingerprint density at radius 3 is 2.71 bits per heavy atom. The van der Waals surface area contributed by atoms with Gasteiger partial charge in [0.05, 0.1) is 6.61 Å². The van der Waals surface area contributed by atoms with E-state index in [2.05, 4.69) is 15.3 Å². The van der Waals surface area contributed by atoms with Gasteiger partial charge in [0.15, 0.2) is 11.5 Å². The lowest BCUT2D eigenvalue weighted by Gasteiger charge is -2.22. The van der Waals surface area contributed by atoms with E-state index in [1.165, 1.54) is 24.4 Å². The molecule has 0 bridgehead atoms. The lowest BCUT2D eigenvalue weighted by molar-refractivity contribution is 0.0469. The van der Waals surface area contributed by atoms with E-state index in [1.807, 2.05) is 0 Å². The van der Waals surface area contributed by atoms with Gasteiger partial charge >= 0.3 is 5.97 Å². The third-order valence-corrected chi connectivity index (χ3v) is 4.19. The van der Waals surface area contributed by atoms with Crippen molar-refractivity contribution in [2.45, 2.75) is 19.3 Å². The Balaban J connectivity index is 1.58.